The number of rotatable bonds is 10. The molecular formula is C23H29N3O4. The predicted molar refractivity (Wildman–Crippen MR) is 118 cm³/mol. The molecule has 0 bridgehead atoms. The summed E-state index contributed by atoms with van der Waals surface area (Å²) < 4.78 is 5.08. The van der Waals surface area contributed by atoms with Gasteiger partial charge in [0.1, 0.15) is 0 Å². The number of nitrogens with one attached hydrogen (secondary N) is 2. The zero-order chi connectivity index (χ0) is 21.9. The average Bonchev–Trinajstić information content (AvgIpc) is 2.77. The molecule has 0 fully saturated rings. The molecule has 0 aromatic heterocycles. The molecule has 30 heavy (non-hydrogen) atoms. The van der Waals surface area contributed by atoms with Crippen LogP contribution in [0.15, 0.2) is 48.5 Å². The summed E-state index contributed by atoms with van der Waals surface area (Å²) in [6.45, 7) is 7.52. The van der Waals surface area contributed by atoms with E-state index in [-0.39, 0.29) is 24.3 Å². The van der Waals surface area contributed by atoms with Gasteiger partial charge in [0, 0.05) is 30.0 Å². The zero-order valence-electron chi connectivity index (χ0n) is 17.7. The molecule has 7 heteroatoms. The van der Waals surface area contributed by atoms with Crippen molar-refractivity contribution < 1.29 is 19.1 Å². The number of ether oxygens (including phenoxy) is 1. The third kappa shape index (κ3) is 6.62. The maximum atomic E-state index is 12.5. The van der Waals surface area contributed by atoms with Crippen LogP contribution in [-0.2, 0) is 9.53 Å². The van der Waals surface area contributed by atoms with E-state index in [1.807, 2.05) is 26.8 Å². The Kier molecular flexibility index (Phi) is 8.87. The maximum absolute atomic E-state index is 12.5. The Balaban J connectivity index is 1.90. The largest absolute Gasteiger partial charge is 0.462 e. The summed E-state index contributed by atoms with van der Waals surface area (Å²) in [6, 6.07) is 13.6. The van der Waals surface area contributed by atoms with E-state index >= 15 is 0 Å². The number of benzene rings is 2. The molecule has 7 nitrogen and oxygen atoms in total. The van der Waals surface area contributed by atoms with Crippen LogP contribution in [0.5, 0.6) is 0 Å². The Morgan fingerprint density at radius 3 is 2.23 bits per heavy atom. The lowest BCUT2D eigenvalue weighted by Gasteiger charge is -2.19. The van der Waals surface area contributed by atoms with E-state index in [2.05, 4.69) is 10.6 Å². The van der Waals surface area contributed by atoms with Gasteiger partial charge in [-0.2, -0.15) is 0 Å². The number of hydrogen-bond donors (Lipinski definition) is 2. The fourth-order valence-corrected chi connectivity index (χ4v) is 2.81. The first-order chi connectivity index (χ1) is 14.5. The van der Waals surface area contributed by atoms with E-state index in [0.29, 0.717) is 42.2 Å². The summed E-state index contributed by atoms with van der Waals surface area (Å²) >= 11 is 0. The van der Waals surface area contributed by atoms with Crippen molar-refractivity contribution in [2.45, 2.75) is 27.2 Å². The second kappa shape index (κ2) is 11.6. The average molecular weight is 412 g/mol. The molecular weight excluding hydrogens is 382 g/mol. The minimum Gasteiger partial charge on any atom is -0.462 e. The number of esters is 1. The number of carbonyl (C=O) groups is 3. The highest BCUT2D eigenvalue weighted by molar-refractivity contribution is 5.96. The number of hydrogen-bond acceptors (Lipinski definition) is 5. The van der Waals surface area contributed by atoms with E-state index in [0.717, 1.165) is 6.42 Å². The minimum atomic E-state index is -0.379. The molecule has 2 aromatic carbocycles. The van der Waals surface area contributed by atoms with Crippen molar-refractivity contribution in [1.29, 1.82) is 0 Å². The third-order valence-electron chi connectivity index (χ3n) is 4.45. The molecule has 2 rings (SSSR count). The van der Waals surface area contributed by atoms with Crippen molar-refractivity contribution in [1.82, 2.24) is 4.90 Å². The first-order valence-electron chi connectivity index (χ1n) is 10.2. The molecule has 0 saturated heterocycles. The molecule has 0 unspecified atom stereocenters. The van der Waals surface area contributed by atoms with Crippen LogP contribution in [0.4, 0.5) is 11.4 Å². The molecule has 0 aliphatic rings. The van der Waals surface area contributed by atoms with Crippen LogP contribution < -0.4 is 10.6 Å². The molecule has 2 amide bonds. The molecule has 0 saturated carbocycles. The molecule has 2 N–H and O–H groups in total. The van der Waals surface area contributed by atoms with Crippen LogP contribution in [0.2, 0.25) is 0 Å². The first-order valence-corrected chi connectivity index (χ1v) is 10.2. The van der Waals surface area contributed by atoms with Gasteiger partial charge < -0.3 is 20.3 Å². The van der Waals surface area contributed by atoms with Crippen molar-refractivity contribution in [2.24, 2.45) is 0 Å². The van der Waals surface area contributed by atoms with Gasteiger partial charge in [-0.3, -0.25) is 9.59 Å². The van der Waals surface area contributed by atoms with Crippen molar-refractivity contribution in [3.63, 3.8) is 0 Å². The highest BCUT2D eigenvalue weighted by Gasteiger charge is 2.13. The quantitative estimate of drug-likeness (QED) is 0.581. The van der Waals surface area contributed by atoms with Crippen LogP contribution in [0.25, 0.3) is 0 Å². The predicted octanol–water partition coefficient (Wildman–Crippen LogP) is 3.79. The highest BCUT2D eigenvalue weighted by Crippen LogP contribution is 2.14. The second-order valence-corrected chi connectivity index (χ2v) is 6.67. The lowest BCUT2D eigenvalue weighted by Crippen LogP contribution is -2.30. The summed E-state index contributed by atoms with van der Waals surface area (Å²) in [5.74, 6) is -0.655. The van der Waals surface area contributed by atoms with E-state index < -0.39 is 0 Å². The number of nitrogens with zero attached hydrogens (tertiary/aromatic N) is 1. The van der Waals surface area contributed by atoms with E-state index in [9.17, 15) is 14.4 Å². The fraction of sp³-hybridized carbons (Fsp3) is 0.348. The van der Waals surface area contributed by atoms with E-state index in [4.69, 9.17) is 4.74 Å². The van der Waals surface area contributed by atoms with Crippen LogP contribution >= 0.6 is 0 Å². The fourth-order valence-electron chi connectivity index (χ4n) is 2.81. The molecule has 0 spiro atoms. The standard InChI is InChI=1S/C23H29N3O4/c1-4-14-30-23(29)17-10-12-19(13-11-17)25-21(27)16-24-20-9-7-8-18(15-20)22(28)26(5-2)6-3/h7-13,15,24H,4-6,14,16H2,1-3H3,(H,25,27). The summed E-state index contributed by atoms with van der Waals surface area (Å²) in [4.78, 5) is 38.2. The lowest BCUT2D eigenvalue weighted by molar-refractivity contribution is -0.114. The third-order valence-corrected chi connectivity index (χ3v) is 4.45. The maximum Gasteiger partial charge on any atom is 0.338 e. The Labute approximate surface area is 177 Å². The van der Waals surface area contributed by atoms with Crippen molar-refractivity contribution in [3.05, 3.63) is 59.7 Å². The van der Waals surface area contributed by atoms with Crippen LogP contribution in [0.1, 0.15) is 47.9 Å². The SMILES string of the molecule is CCCOC(=O)c1ccc(NC(=O)CNc2cccc(C(=O)N(CC)CC)c2)cc1. The normalized spacial score (nSPS) is 10.2. The van der Waals surface area contributed by atoms with Gasteiger partial charge >= 0.3 is 5.97 Å². The number of carbonyl (C=O) groups excluding carboxylic acids is 3. The van der Waals surface area contributed by atoms with Gasteiger partial charge in [-0.1, -0.05) is 13.0 Å². The van der Waals surface area contributed by atoms with Gasteiger partial charge in [-0.15, -0.1) is 0 Å². The summed E-state index contributed by atoms with van der Waals surface area (Å²) in [6.07, 6.45) is 0.763. The van der Waals surface area contributed by atoms with Crippen LogP contribution in [0.3, 0.4) is 0 Å². The number of anilines is 2. The van der Waals surface area contributed by atoms with Gasteiger partial charge in [0.2, 0.25) is 5.91 Å². The van der Waals surface area contributed by atoms with Gasteiger partial charge in [-0.25, -0.2) is 4.79 Å². The first kappa shape index (κ1) is 22.9. The second-order valence-electron chi connectivity index (χ2n) is 6.67. The van der Waals surface area contributed by atoms with Crippen molar-refractivity contribution in [2.75, 3.05) is 36.9 Å². The minimum absolute atomic E-state index is 0.0364. The van der Waals surface area contributed by atoms with Crippen LogP contribution in [0, 0.1) is 0 Å². The molecule has 0 aliphatic carbocycles. The van der Waals surface area contributed by atoms with Crippen LogP contribution in [-0.4, -0.2) is 48.9 Å². The smallest absolute Gasteiger partial charge is 0.338 e. The van der Waals surface area contributed by atoms with E-state index in [1.165, 1.54) is 0 Å². The van der Waals surface area contributed by atoms with Crippen molar-refractivity contribution in [3.8, 4) is 0 Å². The van der Waals surface area contributed by atoms with Crippen molar-refractivity contribution >= 4 is 29.2 Å². The van der Waals surface area contributed by atoms with Gasteiger partial charge in [0.25, 0.3) is 5.91 Å². The van der Waals surface area contributed by atoms with Gasteiger partial charge in [0.05, 0.1) is 18.7 Å². The lowest BCUT2D eigenvalue weighted by atomic mass is 10.1. The summed E-state index contributed by atoms with van der Waals surface area (Å²) in [5, 5.41) is 5.80. The Bertz CT molecular complexity index is 861. The molecule has 0 radical (unpaired) electrons. The molecule has 0 aliphatic heterocycles. The number of amides is 2. The molecule has 160 valence electrons. The Morgan fingerprint density at radius 2 is 1.60 bits per heavy atom. The van der Waals surface area contributed by atoms with Gasteiger partial charge in [-0.05, 0) is 62.7 Å². The summed E-state index contributed by atoms with van der Waals surface area (Å²) in [5.41, 5.74) is 2.29. The Morgan fingerprint density at radius 1 is 0.900 bits per heavy atom. The summed E-state index contributed by atoms with van der Waals surface area (Å²) in [7, 11) is 0. The Hall–Kier alpha value is -3.35. The molecule has 0 heterocycles. The highest BCUT2D eigenvalue weighted by atomic mass is 16.5. The zero-order valence-corrected chi connectivity index (χ0v) is 17.7. The molecule has 2 aromatic rings. The van der Waals surface area contributed by atoms with Gasteiger partial charge in [0.15, 0.2) is 0 Å². The van der Waals surface area contributed by atoms with E-state index in [1.54, 1.807) is 47.4 Å². The molecule has 0 atom stereocenters. The monoisotopic (exact) mass is 411 g/mol. The topological polar surface area (TPSA) is 87.7 Å².